The Morgan fingerprint density at radius 3 is 2.42 bits per heavy atom. The zero-order chi connectivity index (χ0) is 18.1. The Morgan fingerprint density at radius 2 is 1.79 bits per heavy atom. The summed E-state index contributed by atoms with van der Waals surface area (Å²) in [5, 5.41) is 2.83. The number of amides is 1. The van der Waals surface area contributed by atoms with E-state index in [0.717, 1.165) is 0 Å². The van der Waals surface area contributed by atoms with Crippen LogP contribution in [0, 0.1) is 13.8 Å². The average molecular weight is 388 g/mol. The second-order valence-electron chi connectivity index (χ2n) is 5.16. The van der Waals surface area contributed by atoms with Crippen molar-refractivity contribution >= 4 is 44.9 Å². The molecule has 2 aromatic rings. The molecule has 0 saturated heterocycles. The molecule has 0 unspecified atom stereocenters. The first-order valence-electron chi connectivity index (χ1n) is 6.90. The lowest BCUT2D eigenvalue weighted by Crippen LogP contribution is -2.15. The van der Waals surface area contributed by atoms with Crippen molar-refractivity contribution < 1.29 is 17.4 Å². The van der Waals surface area contributed by atoms with E-state index < -0.39 is 10.1 Å². The predicted octanol–water partition coefficient (Wildman–Crippen LogP) is 4.34. The Hall–Kier alpha value is -1.76. The van der Waals surface area contributed by atoms with Crippen LogP contribution >= 0.6 is 23.2 Å². The minimum absolute atomic E-state index is 0.0132. The third-order valence-electron chi connectivity index (χ3n) is 3.23. The minimum atomic E-state index is -4.25. The van der Waals surface area contributed by atoms with Gasteiger partial charge in [0.05, 0.1) is 10.7 Å². The van der Waals surface area contributed by atoms with Crippen LogP contribution in [0.25, 0.3) is 0 Å². The van der Waals surface area contributed by atoms with E-state index in [9.17, 15) is 13.2 Å². The Labute approximate surface area is 150 Å². The van der Waals surface area contributed by atoms with Gasteiger partial charge in [-0.3, -0.25) is 4.79 Å². The van der Waals surface area contributed by atoms with E-state index in [0.29, 0.717) is 11.1 Å². The molecule has 2 rings (SSSR count). The summed E-state index contributed by atoms with van der Waals surface area (Å²) in [5.74, 6) is -0.364. The van der Waals surface area contributed by atoms with Crippen molar-refractivity contribution in [1.29, 1.82) is 0 Å². The van der Waals surface area contributed by atoms with Gasteiger partial charge in [0, 0.05) is 11.9 Å². The number of nitrogens with one attached hydrogen (secondary N) is 1. The number of carbonyl (C=O) groups is 1. The second kappa shape index (κ2) is 7.01. The van der Waals surface area contributed by atoms with Crippen LogP contribution in [-0.2, 0) is 14.9 Å². The molecule has 0 bridgehead atoms. The van der Waals surface area contributed by atoms with Gasteiger partial charge in [-0.05, 0) is 43.2 Å². The molecular weight excluding hydrogens is 373 g/mol. The lowest BCUT2D eigenvalue weighted by atomic mass is 10.2. The molecule has 0 aliphatic heterocycles. The van der Waals surface area contributed by atoms with Gasteiger partial charge in [-0.1, -0.05) is 35.3 Å². The highest BCUT2D eigenvalue weighted by Gasteiger charge is 2.27. The van der Waals surface area contributed by atoms with Crippen LogP contribution in [0.4, 0.5) is 5.69 Å². The lowest BCUT2D eigenvalue weighted by molar-refractivity contribution is -0.114. The van der Waals surface area contributed by atoms with Crippen molar-refractivity contribution in [3.8, 4) is 5.75 Å². The number of benzene rings is 2. The molecule has 2 aromatic carbocycles. The van der Waals surface area contributed by atoms with Gasteiger partial charge in [0.2, 0.25) is 5.91 Å². The fraction of sp³-hybridized carbons (Fsp3) is 0.188. The fourth-order valence-corrected chi connectivity index (χ4v) is 4.23. The fourth-order valence-electron chi connectivity index (χ4n) is 2.10. The van der Waals surface area contributed by atoms with Gasteiger partial charge in [-0.2, -0.15) is 8.42 Å². The summed E-state index contributed by atoms with van der Waals surface area (Å²) in [5.41, 5.74) is 1.05. The monoisotopic (exact) mass is 387 g/mol. The number of aryl methyl sites for hydroxylation is 1. The lowest BCUT2D eigenvalue weighted by Gasteiger charge is -2.15. The van der Waals surface area contributed by atoms with Crippen molar-refractivity contribution in [1.82, 2.24) is 0 Å². The highest BCUT2D eigenvalue weighted by Crippen LogP contribution is 2.36. The zero-order valence-corrected chi connectivity index (χ0v) is 15.5. The highest BCUT2D eigenvalue weighted by atomic mass is 35.5. The van der Waals surface area contributed by atoms with Crippen molar-refractivity contribution in [3.05, 3.63) is 51.5 Å². The van der Waals surface area contributed by atoms with Crippen LogP contribution in [0.15, 0.2) is 35.2 Å². The van der Waals surface area contributed by atoms with Crippen LogP contribution in [0.1, 0.15) is 18.1 Å². The third-order valence-corrected chi connectivity index (χ3v) is 5.64. The topological polar surface area (TPSA) is 72.5 Å². The van der Waals surface area contributed by atoms with Crippen molar-refractivity contribution in [2.24, 2.45) is 0 Å². The molecule has 0 atom stereocenters. The summed E-state index contributed by atoms with van der Waals surface area (Å²) < 4.78 is 30.6. The average Bonchev–Trinajstić information content (AvgIpc) is 2.46. The summed E-state index contributed by atoms with van der Waals surface area (Å²) >= 11 is 12.2. The summed E-state index contributed by atoms with van der Waals surface area (Å²) in [6.07, 6.45) is 0. The normalized spacial score (nSPS) is 11.2. The number of halogens is 2. The van der Waals surface area contributed by atoms with E-state index in [1.54, 1.807) is 32.0 Å². The molecule has 0 spiro atoms. The molecule has 0 heterocycles. The van der Waals surface area contributed by atoms with Crippen molar-refractivity contribution in [3.63, 3.8) is 0 Å². The molecule has 8 heteroatoms. The number of rotatable bonds is 4. The SMILES string of the molecule is CC(=O)Nc1ccccc1OS(=O)(=O)c1c(C)c(Cl)cc(C)c1Cl. The molecule has 0 fully saturated rings. The Bertz CT molecular complexity index is 884. The molecule has 0 aliphatic carbocycles. The van der Waals surface area contributed by atoms with Gasteiger partial charge in [0.15, 0.2) is 5.75 Å². The van der Waals surface area contributed by atoms with Gasteiger partial charge in [0.25, 0.3) is 0 Å². The summed E-state index contributed by atoms with van der Waals surface area (Å²) in [7, 11) is -4.25. The van der Waals surface area contributed by atoms with Crippen molar-refractivity contribution in [2.45, 2.75) is 25.7 Å². The molecule has 24 heavy (non-hydrogen) atoms. The van der Waals surface area contributed by atoms with E-state index in [4.69, 9.17) is 27.4 Å². The molecule has 1 amide bonds. The van der Waals surface area contributed by atoms with E-state index >= 15 is 0 Å². The summed E-state index contributed by atoms with van der Waals surface area (Å²) in [6, 6.07) is 7.79. The number of hydrogen-bond donors (Lipinski definition) is 1. The Balaban J connectivity index is 2.54. The third kappa shape index (κ3) is 3.83. The van der Waals surface area contributed by atoms with Crippen LogP contribution in [-0.4, -0.2) is 14.3 Å². The number of anilines is 1. The van der Waals surface area contributed by atoms with Crippen LogP contribution in [0.5, 0.6) is 5.75 Å². The Kier molecular flexibility index (Phi) is 5.42. The predicted molar refractivity (Wildman–Crippen MR) is 94.5 cm³/mol. The standard InChI is InChI=1S/C16H15Cl2NO4S/c1-9-8-12(17)10(2)16(15(9)18)24(21,22)23-14-7-5-4-6-13(14)19-11(3)20/h4-8H,1-3H3,(H,19,20). The van der Waals surface area contributed by atoms with Gasteiger partial charge < -0.3 is 9.50 Å². The number of para-hydroxylation sites is 2. The smallest absolute Gasteiger partial charge is 0.341 e. The maximum Gasteiger partial charge on any atom is 0.341 e. The van der Waals surface area contributed by atoms with Gasteiger partial charge in [-0.25, -0.2) is 0 Å². The molecule has 0 radical (unpaired) electrons. The molecule has 0 aromatic heterocycles. The number of carbonyl (C=O) groups excluding carboxylic acids is 1. The molecule has 0 saturated carbocycles. The summed E-state index contributed by atoms with van der Waals surface area (Å²) in [4.78, 5) is 11.1. The first-order valence-corrected chi connectivity index (χ1v) is 9.06. The van der Waals surface area contributed by atoms with Gasteiger partial charge >= 0.3 is 10.1 Å². The van der Waals surface area contributed by atoms with Gasteiger partial charge in [0.1, 0.15) is 4.90 Å². The molecule has 1 N–H and O–H groups in total. The number of hydrogen-bond acceptors (Lipinski definition) is 4. The first kappa shape index (κ1) is 18.6. The Morgan fingerprint density at radius 1 is 1.17 bits per heavy atom. The van der Waals surface area contributed by atoms with Crippen LogP contribution in [0.2, 0.25) is 10.0 Å². The molecular formula is C16H15Cl2NO4S. The van der Waals surface area contributed by atoms with E-state index in [-0.39, 0.29) is 32.3 Å². The molecule has 0 aliphatic rings. The van der Waals surface area contributed by atoms with Crippen LogP contribution in [0.3, 0.4) is 0 Å². The van der Waals surface area contributed by atoms with E-state index in [2.05, 4.69) is 5.32 Å². The molecule has 5 nitrogen and oxygen atoms in total. The maximum atomic E-state index is 12.7. The quantitative estimate of drug-likeness (QED) is 0.791. The van der Waals surface area contributed by atoms with Crippen LogP contribution < -0.4 is 9.50 Å². The molecule has 128 valence electrons. The summed E-state index contributed by atoms with van der Waals surface area (Å²) in [6.45, 7) is 4.51. The second-order valence-corrected chi connectivity index (χ2v) is 7.43. The van der Waals surface area contributed by atoms with Gasteiger partial charge in [-0.15, -0.1) is 0 Å². The van der Waals surface area contributed by atoms with E-state index in [1.807, 2.05) is 0 Å². The maximum absolute atomic E-state index is 12.7. The van der Waals surface area contributed by atoms with Crippen molar-refractivity contribution in [2.75, 3.05) is 5.32 Å². The first-order chi connectivity index (χ1) is 11.1. The largest absolute Gasteiger partial charge is 0.377 e. The zero-order valence-electron chi connectivity index (χ0n) is 13.2. The minimum Gasteiger partial charge on any atom is -0.377 e. The van der Waals surface area contributed by atoms with E-state index in [1.165, 1.54) is 19.1 Å². The highest BCUT2D eigenvalue weighted by molar-refractivity contribution is 7.87.